The number of hydrogen-bond donors (Lipinski definition) is 1. The smallest absolute Gasteiger partial charge is 0.416 e. The van der Waals surface area contributed by atoms with Gasteiger partial charge in [0.2, 0.25) is 5.91 Å². The molecular formula is C17H18F3NO3. The van der Waals surface area contributed by atoms with Crippen LogP contribution in [-0.2, 0) is 22.3 Å². The fourth-order valence-corrected chi connectivity index (χ4v) is 2.63. The van der Waals surface area contributed by atoms with E-state index in [0.717, 1.165) is 29.9 Å². The van der Waals surface area contributed by atoms with Crippen LogP contribution >= 0.6 is 0 Å². The minimum absolute atomic E-state index is 0.0281. The molecule has 1 aliphatic carbocycles. The van der Waals surface area contributed by atoms with Gasteiger partial charge in [-0.3, -0.25) is 9.59 Å². The van der Waals surface area contributed by atoms with Crippen molar-refractivity contribution in [3.05, 3.63) is 47.5 Å². The Kier molecular flexibility index (Phi) is 5.64. The lowest BCUT2D eigenvalue weighted by molar-refractivity contribution is -0.145. The predicted molar refractivity (Wildman–Crippen MR) is 81.0 cm³/mol. The van der Waals surface area contributed by atoms with Crippen molar-refractivity contribution in [2.45, 2.75) is 32.0 Å². The summed E-state index contributed by atoms with van der Waals surface area (Å²) in [5.74, 6) is -1.37. The van der Waals surface area contributed by atoms with Gasteiger partial charge in [0.25, 0.3) is 0 Å². The highest BCUT2D eigenvalue weighted by molar-refractivity contribution is 5.81. The van der Waals surface area contributed by atoms with Crippen LogP contribution in [0.3, 0.4) is 0 Å². The lowest BCUT2D eigenvalue weighted by atomic mass is 10.0. The predicted octanol–water partition coefficient (Wildman–Crippen LogP) is 3.47. The van der Waals surface area contributed by atoms with E-state index < -0.39 is 24.3 Å². The molecule has 0 radical (unpaired) electrons. The van der Waals surface area contributed by atoms with E-state index in [2.05, 4.69) is 0 Å². The first-order chi connectivity index (χ1) is 11.3. The lowest BCUT2D eigenvalue weighted by Gasteiger charge is -2.22. The Morgan fingerprint density at radius 2 is 1.88 bits per heavy atom. The van der Waals surface area contributed by atoms with Crippen molar-refractivity contribution < 1.29 is 27.9 Å². The van der Waals surface area contributed by atoms with E-state index in [9.17, 15) is 22.8 Å². The fourth-order valence-electron chi connectivity index (χ4n) is 2.63. The van der Waals surface area contributed by atoms with Gasteiger partial charge in [-0.15, -0.1) is 0 Å². The van der Waals surface area contributed by atoms with Crippen molar-refractivity contribution >= 4 is 11.9 Å². The molecule has 0 heterocycles. The molecule has 1 aromatic rings. The van der Waals surface area contributed by atoms with Crippen molar-refractivity contribution in [3.63, 3.8) is 0 Å². The molecule has 1 amide bonds. The normalized spacial score (nSPS) is 17.0. The van der Waals surface area contributed by atoms with Gasteiger partial charge < -0.3 is 10.0 Å². The van der Waals surface area contributed by atoms with Crippen LogP contribution in [-0.4, -0.2) is 28.4 Å². The maximum Gasteiger partial charge on any atom is 0.416 e. The van der Waals surface area contributed by atoms with Crippen LogP contribution in [0.4, 0.5) is 13.2 Å². The topological polar surface area (TPSA) is 57.6 Å². The summed E-state index contributed by atoms with van der Waals surface area (Å²) in [5.41, 5.74) is -0.321. The second-order valence-electron chi connectivity index (χ2n) is 5.81. The van der Waals surface area contributed by atoms with Gasteiger partial charge in [-0.25, -0.2) is 0 Å². The number of carbonyl (C=O) groups is 2. The number of nitrogens with zero attached hydrogens (tertiary/aromatic N) is 1. The molecule has 1 aromatic carbocycles. The summed E-state index contributed by atoms with van der Waals surface area (Å²) in [6, 6.07) is 4.39. The average Bonchev–Trinajstić information content (AvgIpc) is 2.98. The number of rotatable bonds is 6. The zero-order valence-electron chi connectivity index (χ0n) is 12.9. The van der Waals surface area contributed by atoms with Gasteiger partial charge in [-0.05, 0) is 36.5 Å². The van der Waals surface area contributed by atoms with Crippen molar-refractivity contribution in [1.29, 1.82) is 0 Å². The highest BCUT2D eigenvalue weighted by Gasteiger charge is 2.30. The number of carbonyl (C=O) groups excluding carboxylic acids is 1. The first kappa shape index (κ1) is 18.0. The average molecular weight is 341 g/mol. The van der Waals surface area contributed by atoms with Crippen molar-refractivity contribution in [1.82, 2.24) is 4.90 Å². The van der Waals surface area contributed by atoms with Gasteiger partial charge in [0.15, 0.2) is 0 Å². The largest absolute Gasteiger partial charge is 0.480 e. The standard InChI is InChI=1S/C17H18F3NO3/c18-17(19,20)14-7-5-13(6-8-14)10-21(11-16(23)24)15(22)9-12-3-1-2-4-12/h1,3,5-8,12H,2,4,9-11H2,(H,23,24). The fraction of sp³-hybridized carbons (Fsp3) is 0.412. The molecule has 130 valence electrons. The van der Waals surface area contributed by atoms with Crippen LogP contribution < -0.4 is 0 Å². The number of amides is 1. The van der Waals surface area contributed by atoms with Crippen LogP contribution in [0.25, 0.3) is 0 Å². The van der Waals surface area contributed by atoms with E-state index in [1.54, 1.807) is 0 Å². The Labute approximate surface area is 137 Å². The second kappa shape index (κ2) is 7.51. The summed E-state index contributed by atoms with van der Waals surface area (Å²) >= 11 is 0. The zero-order valence-corrected chi connectivity index (χ0v) is 12.9. The Balaban J connectivity index is 2.06. The zero-order chi connectivity index (χ0) is 17.7. The van der Waals surface area contributed by atoms with E-state index >= 15 is 0 Å². The van der Waals surface area contributed by atoms with Gasteiger partial charge in [0, 0.05) is 13.0 Å². The molecule has 4 nitrogen and oxygen atoms in total. The number of benzene rings is 1. The number of aliphatic carboxylic acids is 1. The monoisotopic (exact) mass is 341 g/mol. The molecule has 2 rings (SSSR count). The molecule has 0 spiro atoms. The number of hydrogen-bond acceptors (Lipinski definition) is 2. The summed E-state index contributed by atoms with van der Waals surface area (Å²) in [4.78, 5) is 24.4. The Hall–Kier alpha value is -2.31. The molecule has 7 heteroatoms. The second-order valence-corrected chi connectivity index (χ2v) is 5.81. The maximum absolute atomic E-state index is 12.6. The first-order valence-electron chi connectivity index (χ1n) is 7.58. The van der Waals surface area contributed by atoms with Crippen LogP contribution in [0, 0.1) is 5.92 Å². The van der Waals surface area contributed by atoms with Gasteiger partial charge in [-0.1, -0.05) is 24.3 Å². The SMILES string of the molecule is O=C(O)CN(Cc1ccc(C(F)(F)F)cc1)C(=O)CC1C=CCC1. The summed E-state index contributed by atoms with van der Waals surface area (Å²) in [5, 5.41) is 8.97. The summed E-state index contributed by atoms with van der Waals surface area (Å²) < 4.78 is 37.7. The number of carboxylic acid groups (broad SMARTS) is 1. The molecule has 0 aromatic heterocycles. The third-order valence-corrected chi connectivity index (χ3v) is 3.88. The summed E-state index contributed by atoms with van der Waals surface area (Å²) in [7, 11) is 0. The summed E-state index contributed by atoms with van der Waals surface area (Å²) in [6.07, 6.45) is 1.46. The third kappa shape index (κ3) is 5.11. The molecule has 24 heavy (non-hydrogen) atoms. The molecule has 1 unspecified atom stereocenters. The Morgan fingerprint density at radius 3 is 2.38 bits per heavy atom. The number of alkyl halides is 3. The van der Waals surface area contributed by atoms with E-state index in [1.165, 1.54) is 12.1 Å². The van der Waals surface area contributed by atoms with E-state index in [-0.39, 0.29) is 24.8 Å². The van der Waals surface area contributed by atoms with Crippen LogP contribution in [0.5, 0.6) is 0 Å². The van der Waals surface area contributed by atoms with Crippen molar-refractivity contribution in [3.8, 4) is 0 Å². The van der Waals surface area contributed by atoms with Gasteiger partial charge in [0.1, 0.15) is 6.54 Å². The lowest BCUT2D eigenvalue weighted by Crippen LogP contribution is -2.35. The molecule has 1 aliphatic rings. The molecule has 0 aliphatic heterocycles. The van der Waals surface area contributed by atoms with Gasteiger partial charge >= 0.3 is 12.1 Å². The van der Waals surface area contributed by atoms with E-state index in [0.29, 0.717) is 5.56 Å². The number of allylic oxidation sites excluding steroid dienone is 2. The summed E-state index contributed by atoms with van der Waals surface area (Å²) in [6.45, 7) is -0.504. The molecule has 0 fully saturated rings. The molecule has 0 bridgehead atoms. The Morgan fingerprint density at radius 1 is 1.21 bits per heavy atom. The molecular weight excluding hydrogens is 323 g/mol. The quantitative estimate of drug-likeness (QED) is 0.806. The maximum atomic E-state index is 12.6. The molecule has 1 N–H and O–H groups in total. The van der Waals surface area contributed by atoms with E-state index in [1.807, 2.05) is 12.2 Å². The minimum atomic E-state index is -4.43. The van der Waals surface area contributed by atoms with Gasteiger partial charge in [-0.2, -0.15) is 13.2 Å². The van der Waals surface area contributed by atoms with Gasteiger partial charge in [0.05, 0.1) is 5.56 Å². The molecule has 0 saturated carbocycles. The van der Waals surface area contributed by atoms with Crippen molar-refractivity contribution in [2.75, 3.05) is 6.54 Å². The molecule has 0 saturated heterocycles. The first-order valence-corrected chi connectivity index (χ1v) is 7.58. The van der Waals surface area contributed by atoms with Crippen molar-refractivity contribution in [2.24, 2.45) is 5.92 Å². The van der Waals surface area contributed by atoms with Crippen LogP contribution in [0.1, 0.15) is 30.4 Å². The molecule has 1 atom stereocenters. The Bertz CT molecular complexity index is 623. The van der Waals surface area contributed by atoms with Crippen LogP contribution in [0.2, 0.25) is 0 Å². The van der Waals surface area contributed by atoms with Crippen LogP contribution in [0.15, 0.2) is 36.4 Å². The minimum Gasteiger partial charge on any atom is -0.480 e. The number of halogens is 3. The third-order valence-electron chi connectivity index (χ3n) is 3.88. The van der Waals surface area contributed by atoms with E-state index in [4.69, 9.17) is 5.11 Å². The highest BCUT2D eigenvalue weighted by atomic mass is 19.4. The highest BCUT2D eigenvalue weighted by Crippen LogP contribution is 2.29. The number of carboxylic acids is 1.